The molecule has 0 heterocycles. The van der Waals surface area contributed by atoms with Crippen LogP contribution in [0, 0.1) is 34.6 Å². The lowest BCUT2D eigenvalue weighted by atomic mass is 9.90. The Balaban J connectivity index is 0.000000140. The maximum absolute atomic E-state index is 3.99. The Morgan fingerprint density at radius 2 is 1.03 bits per heavy atom. The van der Waals surface area contributed by atoms with E-state index in [-0.39, 0.29) is 0 Å². The van der Waals surface area contributed by atoms with E-state index in [1.165, 1.54) is 111 Å². The molecule has 0 bridgehead atoms. The lowest BCUT2D eigenvalue weighted by Crippen LogP contribution is -1.90. The van der Waals surface area contributed by atoms with E-state index in [0.717, 1.165) is 6.42 Å². The summed E-state index contributed by atoms with van der Waals surface area (Å²) in [4.78, 5) is 0. The molecule has 0 atom stereocenters. The Bertz CT molecular complexity index is 3070. The lowest BCUT2D eigenvalue weighted by Gasteiger charge is -2.14. The van der Waals surface area contributed by atoms with Gasteiger partial charge in [-0.25, -0.2) is 0 Å². The fourth-order valence-electron chi connectivity index (χ4n) is 8.43. The van der Waals surface area contributed by atoms with Gasteiger partial charge in [0, 0.05) is 0 Å². The van der Waals surface area contributed by atoms with Crippen molar-refractivity contribution in [2.45, 2.75) is 54.9 Å². The molecular formula is C64H60. The van der Waals surface area contributed by atoms with Gasteiger partial charge in [-0.05, 0) is 155 Å². The van der Waals surface area contributed by atoms with E-state index >= 15 is 0 Å². The Morgan fingerprint density at radius 3 is 1.72 bits per heavy atom. The predicted molar refractivity (Wildman–Crippen MR) is 281 cm³/mol. The minimum absolute atomic E-state index is 1.02. The monoisotopic (exact) mass is 828 g/mol. The van der Waals surface area contributed by atoms with E-state index < -0.39 is 0 Å². The van der Waals surface area contributed by atoms with E-state index in [0.29, 0.717) is 0 Å². The van der Waals surface area contributed by atoms with Crippen LogP contribution < -0.4 is 0 Å². The summed E-state index contributed by atoms with van der Waals surface area (Å²) in [5.74, 6) is 0. The van der Waals surface area contributed by atoms with Crippen molar-refractivity contribution in [1.82, 2.24) is 0 Å². The fraction of sp³-hybridized carbons (Fsp3) is 0.125. The first kappa shape index (κ1) is 44.8. The van der Waals surface area contributed by atoms with Gasteiger partial charge in [0.1, 0.15) is 0 Å². The van der Waals surface area contributed by atoms with E-state index in [4.69, 9.17) is 0 Å². The molecule has 0 spiro atoms. The molecule has 1 aliphatic carbocycles. The minimum atomic E-state index is 1.02. The third-order valence-corrected chi connectivity index (χ3v) is 12.0. The Morgan fingerprint density at radius 1 is 0.438 bits per heavy atom. The summed E-state index contributed by atoms with van der Waals surface area (Å²) in [7, 11) is 0. The van der Waals surface area contributed by atoms with Gasteiger partial charge in [0.25, 0.3) is 0 Å². The molecule has 9 aromatic rings. The summed E-state index contributed by atoms with van der Waals surface area (Å²) < 4.78 is 0. The van der Waals surface area contributed by atoms with Crippen molar-refractivity contribution < 1.29 is 0 Å². The standard InChI is InChI=1S/C25H22.C21H20.C11H10.C7H8/c1-17-8-11-20(12-9-17)22-13-10-18(2)25(16-22)24-15-14-21-6-4-5-7-23(21)19(24)3;1-4-16(13-12-15(2)3)18-10-7-11-20-19-9-6-5-8-17(19)14-21(18)20;1-9-5-4-7-10-6-2-3-8-11(9)10;1-7-5-3-2-4-6-7/h4-16H,1-3H3;4-13H,1,14H2,2-3H3;2-8H,1H3;2-6H,1H3/b;16-13+;;. The van der Waals surface area contributed by atoms with Crippen LogP contribution in [0.5, 0.6) is 0 Å². The SMILES string of the molecule is C=C/C(=C\C=C(C)C)c1cccc2c1Cc1ccccc1-2.Cc1ccc(-c2ccc(C)c(-c3ccc4ccccc4c3C)c2)cc1.Cc1cccc2ccccc12.Cc1ccccc1. The molecule has 0 saturated carbocycles. The zero-order valence-corrected chi connectivity index (χ0v) is 38.6. The molecule has 0 saturated heterocycles. The minimum Gasteiger partial charge on any atom is -0.0984 e. The number of benzene rings is 9. The Labute approximate surface area is 382 Å². The van der Waals surface area contributed by atoms with Gasteiger partial charge in [0.2, 0.25) is 0 Å². The van der Waals surface area contributed by atoms with Crippen LogP contribution in [-0.2, 0) is 6.42 Å². The predicted octanol–water partition coefficient (Wildman–Crippen LogP) is 18.0. The van der Waals surface area contributed by atoms with Crippen LogP contribution in [0.25, 0.3) is 60.5 Å². The number of hydrogen-bond acceptors (Lipinski definition) is 0. The molecule has 0 nitrogen and oxygen atoms in total. The highest BCUT2D eigenvalue weighted by Gasteiger charge is 2.21. The highest BCUT2D eigenvalue weighted by atomic mass is 14.2. The van der Waals surface area contributed by atoms with Crippen LogP contribution in [0.2, 0.25) is 0 Å². The van der Waals surface area contributed by atoms with E-state index in [9.17, 15) is 0 Å². The number of aryl methyl sites for hydroxylation is 5. The summed E-state index contributed by atoms with van der Waals surface area (Å²) in [6.07, 6.45) is 7.29. The van der Waals surface area contributed by atoms with Crippen LogP contribution in [0.3, 0.4) is 0 Å². The van der Waals surface area contributed by atoms with Gasteiger partial charge in [0.15, 0.2) is 0 Å². The summed E-state index contributed by atoms with van der Waals surface area (Å²) in [5.41, 5.74) is 21.2. The average Bonchev–Trinajstić information content (AvgIpc) is 3.71. The van der Waals surface area contributed by atoms with Crippen molar-refractivity contribution in [3.63, 3.8) is 0 Å². The molecule has 0 fully saturated rings. The van der Waals surface area contributed by atoms with Crippen LogP contribution in [0.15, 0.2) is 225 Å². The first-order valence-corrected chi connectivity index (χ1v) is 22.4. The second kappa shape index (κ2) is 21.2. The number of hydrogen-bond donors (Lipinski definition) is 0. The van der Waals surface area contributed by atoms with Gasteiger partial charge >= 0.3 is 0 Å². The van der Waals surface area contributed by atoms with Gasteiger partial charge in [-0.15, -0.1) is 0 Å². The third kappa shape index (κ3) is 10.8. The molecule has 0 aliphatic heterocycles. The maximum Gasteiger partial charge on any atom is -0.000729 e. The lowest BCUT2D eigenvalue weighted by molar-refractivity contribution is 1.25. The summed E-state index contributed by atoms with van der Waals surface area (Å²) in [6, 6.07) is 69.0. The summed E-state index contributed by atoms with van der Waals surface area (Å²) in [6.45, 7) is 19.0. The molecular weight excluding hydrogens is 769 g/mol. The molecule has 1 aliphatic rings. The molecule has 64 heavy (non-hydrogen) atoms. The molecule has 0 radical (unpaired) electrons. The van der Waals surface area contributed by atoms with Gasteiger partial charge in [-0.2, -0.15) is 0 Å². The van der Waals surface area contributed by atoms with Gasteiger partial charge < -0.3 is 0 Å². The smallest absolute Gasteiger partial charge is 0.000729 e. The largest absolute Gasteiger partial charge is 0.0984 e. The highest BCUT2D eigenvalue weighted by Crippen LogP contribution is 2.40. The Hall–Kier alpha value is -7.28. The van der Waals surface area contributed by atoms with Gasteiger partial charge in [-0.1, -0.05) is 230 Å². The molecule has 0 N–H and O–H groups in total. The van der Waals surface area contributed by atoms with Crippen LogP contribution >= 0.6 is 0 Å². The second-order valence-corrected chi connectivity index (χ2v) is 17.0. The third-order valence-electron chi connectivity index (χ3n) is 12.0. The highest BCUT2D eigenvalue weighted by molar-refractivity contribution is 5.93. The Kier molecular flexibility index (Phi) is 14.8. The molecule has 0 unspecified atom stereocenters. The number of fused-ring (bicyclic) bond motifs is 5. The van der Waals surface area contributed by atoms with Crippen molar-refractivity contribution in [1.29, 1.82) is 0 Å². The summed E-state index contributed by atoms with van der Waals surface area (Å²) >= 11 is 0. The zero-order chi connectivity index (χ0) is 45.0. The molecule has 0 heteroatoms. The van der Waals surface area contributed by atoms with Crippen LogP contribution in [-0.4, -0.2) is 0 Å². The molecule has 316 valence electrons. The maximum atomic E-state index is 3.99. The second-order valence-electron chi connectivity index (χ2n) is 17.0. The fourth-order valence-corrected chi connectivity index (χ4v) is 8.43. The van der Waals surface area contributed by atoms with Crippen molar-refractivity contribution in [2.75, 3.05) is 0 Å². The summed E-state index contributed by atoms with van der Waals surface area (Å²) in [5, 5.41) is 5.32. The van der Waals surface area contributed by atoms with E-state index in [2.05, 4.69) is 243 Å². The van der Waals surface area contributed by atoms with Crippen molar-refractivity contribution in [2.24, 2.45) is 0 Å². The van der Waals surface area contributed by atoms with Crippen LogP contribution in [0.1, 0.15) is 58.4 Å². The molecule has 0 aromatic heterocycles. The molecule has 9 aromatic carbocycles. The van der Waals surface area contributed by atoms with Crippen LogP contribution in [0.4, 0.5) is 0 Å². The van der Waals surface area contributed by atoms with Crippen molar-refractivity contribution in [3.8, 4) is 33.4 Å². The number of allylic oxidation sites excluding steroid dienone is 5. The van der Waals surface area contributed by atoms with E-state index in [1.807, 2.05) is 24.3 Å². The van der Waals surface area contributed by atoms with Gasteiger partial charge in [0.05, 0.1) is 0 Å². The van der Waals surface area contributed by atoms with Crippen molar-refractivity contribution >= 4 is 27.1 Å². The van der Waals surface area contributed by atoms with E-state index in [1.54, 1.807) is 0 Å². The quantitative estimate of drug-likeness (QED) is 0.152. The normalized spacial score (nSPS) is 11.1. The average molecular weight is 829 g/mol. The number of rotatable bonds is 5. The topological polar surface area (TPSA) is 0 Å². The zero-order valence-electron chi connectivity index (χ0n) is 38.6. The first-order valence-electron chi connectivity index (χ1n) is 22.4. The van der Waals surface area contributed by atoms with Gasteiger partial charge in [-0.3, -0.25) is 0 Å². The molecule has 0 amide bonds. The first-order chi connectivity index (χ1) is 31.1. The molecule has 10 rings (SSSR count). The van der Waals surface area contributed by atoms with Crippen molar-refractivity contribution in [3.05, 3.63) is 269 Å².